The van der Waals surface area contributed by atoms with Crippen LogP contribution in [0, 0.1) is 13.8 Å². The maximum absolute atomic E-state index is 13.0. The minimum atomic E-state index is 0.0821. The third-order valence-electron chi connectivity index (χ3n) is 6.47. The minimum Gasteiger partial charge on any atom is -0.376 e. The molecule has 0 unspecified atom stereocenters. The summed E-state index contributed by atoms with van der Waals surface area (Å²) in [5.41, 5.74) is 3.74. The Morgan fingerprint density at radius 1 is 1.13 bits per heavy atom. The summed E-state index contributed by atoms with van der Waals surface area (Å²) in [5.74, 6) is 0.276. The number of benzene rings is 1. The van der Waals surface area contributed by atoms with E-state index in [-0.39, 0.29) is 17.8 Å². The highest BCUT2D eigenvalue weighted by Gasteiger charge is 2.28. The number of ether oxygens (including phenoxy) is 1. The first-order valence-electron chi connectivity index (χ1n) is 11.0. The summed E-state index contributed by atoms with van der Waals surface area (Å²) < 4.78 is 8.01. The molecule has 1 N–H and O–H groups in total. The Morgan fingerprint density at radius 3 is 2.53 bits per heavy atom. The van der Waals surface area contributed by atoms with Gasteiger partial charge in [-0.15, -0.1) is 0 Å². The normalized spacial score (nSPS) is 19.9. The number of ketones is 1. The van der Waals surface area contributed by atoms with Crippen LogP contribution in [0.1, 0.15) is 44.9 Å². The number of hydrogen-bond donors (Lipinski definition) is 1. The van der Waals surface area contributed by atoms with Crippen LogP contribution in [0.25, 0.3) is 0 Å². The number of Topliss-reactive ketones (excluding diaryl/α,β-unsaturated/α-hetero) is 1. The molecule has 1 aromatic heterocycles. The molecule has 0 bridgehead atoms. The number of amides is 1. The first kappa shape index (κ1) is 20.8. The zero-order chi connectivity index (χ0) is 21.1. The van der Waals surface area contributed by atoms with Crippen LogP contribution in [0.2, 0.25) is 0 Å². The van der Waals surface area contributed by atoms with Gasteiger partial charge in [-0.05, 0) is 44.9 Å². The third-order valence-corrected chi connectivity index (χ3v) is 6.47. The molecule has 6 nitrogen and oxygen atoms in total. The molecule has 0 saturated carbocycles. The molecule has 30 heavy (non-hydrogen) atoms. The number of nitrogens with zero attached hydrogens (tertiary/aromatic N) is 2. The lowest BCUT2D eigenvalue weighted by Gasteiger charge is -2.32. The average molecular weight is 411 g/mol. The highest BCUT2D eigenvalue weighted by atomic mass is 16.5. The van der Waals surface area contributed by atoms with Crippen molar-refractivity contribution in [2.24, 2.45) is 0 Å². The molecule has 0 spiro atoms. The lowest BCUT2D eigenvalue weighted by molar-refractivity contribution is -0.895. The number of carbonyl (C=O) groups is 2. The number of aromatic nitrogens is 1. The minimum absolute atomic E-state index is 0.0821. The maximum Gasteiger partial charge on any atom is 0.254 e. The van der Waals surface area contributed by atoms with Crippen molar-refractivity contribution in [2.45, 2.75) is 39.3 Å². The lowest BCUT2D eigenvalue weighted by Crippen LogP contribution is -3.15. The van der Waals surface area contributed by atoms with Crippen molar-refractivity contribution in [1.29, 1.82) is 0 Å². The molecule has 2 aliphatic rings. The van der Waals surface area contributed by atoms with Gasteiger partial charge < -0.3 is 19.1 Å². The summed E-state index contributed by atoms with van der Waals surface area (Å²) in [6, 6.07) is 11.4. The SMILES string of the molecule is Cc1cc(C(=O)C[NH+]2CCN(C(=O)c3ccccc3)CC2)c(C)n1C[C@H]1CCCO1. The second kappa shape index (κ2) is 9.14. The number of nitrogens with one attached hydrogen (secondary N) is 1. The molecule has 160 valence electrons. The molecule has 1 amide bonds. The van der Waals surface area contributed by atoms with Crippen molar-refractivity contribution in [3.8, 4) is 0 Å². The van der Waals surface area contributed by atoms with Crippen molar-refractivity contribution in [3.63, 3.8) is 0 Å². The molecule has 2 aliphatic heterocycles. The Kier molecular flexibility index (Phi) is 6.35. The summed E-state index contributed by atoms with van der Waals surface area (Å²) in [4.78, 5) is 28.8. The van der Waals surface area contributed by atoms with Crippen LogP contribution in [0.15, 0.2) is 36.4 Å². The summed E-state index contributed by atoms with van der Waals surface area (Å²) in [5, 5.41) is 0. The number of rotatable bonds is 6. The van der Waals surface area contributed by atoms with E-state index in [4.69, 9.17) is 4.74 Å². The molecule has 1 aromatic carbocycles. The van der Waals surface area contributed by atoms with Gasteiger partial charge in [0.2, 0.25) is 5.78 Å². The molecule has 1 atom stereocenters. The summed E-state index contributed by atoms with van der Waals surface area (Å²) in [6.07, 6.45) is 2.48. The van der Waals surface area contributed by atoms with Gasteiger partial charge in [0.05, 0.1) is 32.3 Å². The van der Waals surface area contributed by atoms with Gasteiger partial charge in [-0.1, -0.05) is 18.2 Å². The molecular formula is C24H32N3O3+. The third kappa shape index (κ3) is 4.50. The number of aryl methyl sites for hydroxylation is 1. The molecule has 0 aliphatic carbocycles. The monoisotopic (exact) mass is 410 g/mol. The van der Waals surface area contributed by atoms with Gasteiger partial charge in [-0.2, -0.15) is 0 Å². The number of piperazine rings is 1. The highest BCUT2D eigenvalue weighted by molar-refractivity contribution is 5.98. The average Bonchev–Trinajstić information content (AvgIpc) is 3.38. The largest absolute Gasteiger partial charge is 0.376 e. The second-order valence-corrected chi connectivity index (χ2v) is 8.54. The van der Waals surface area contributed by atoms with Crippen LogP contribution in [-0.2, 0) is 11.3 Å². The first-order chi connectivity index (χ1) is 14.5. The van der Waals surface area contributed by atoms with Crippen molar-refractivity contribution in [1.82, 2.24) is 9.47 Å². The summed E-state index contributed by atoms with van der Waals surface area (Å²) in [6.45, 7) is 9.26. The van der Waals surface area contributed by atoms with E-state index >= 15 is 0 Å². The zero-order valence-electron chi connectivity index (χ0n) is 18.0. The Labute approximate surface area is 178 Å². The van der Waals surface area contributed by atoms with Crippen molar-refractivity contribution >= 4 is 11.7 Å². The Bertz CT molecular complexity index is 892. The van der Waals surface area contributed by atoms with Gasteiger partial charge in [-0.3, -0.25) is 9.59 Å². The fourth-order valence-electron chi connectivity index (χ4n) is 4.64. The number of hydrogen-bond acceptors (Lipinski definition) is 3. The van der Waals surface area contributed by atoms with Crippen LogP contribution < -0.4 is 4.90 Å². The van der Waals surface area contributed by atoms with E-state index in [0.29, 0.717) is 19.6 Å². The van der Waals surface area contributed by atoms with Gasteiger partial charge in [0.1, 0.15) is 6.54 Å². The van der Waals surface area contributed by atoms with Crippen LogP contribution in [0.4, 0.5) is 0 Å². The molecule has 2 aromatic rings. The van der Waals surface area contributed by atoms with Crippen LogP contribution in [0.5, 0.6) is 0 Å². The fraction of sp³-hybridized carbons (Fsp3) is 0.500. The van der Waals surface area contributed by atoms with Crippen molar-refractivity contribution < 1.29 is 19.2 Å². The van der Waals surface area contributed by atoms with E-state index in [1.807, 2.05) is 48.2 Å². The molecule has 6 heteroatoms. The van der Waals surface area contributed by atoms with Crippen LogP contribution in [0.3, 0.4) is 0 Å². The highest BCUT2D eigenvalue weighted by Crippen LogP contribution is 2.20. The first-order valence-corrected chi connectivity index (χ1v) is 11.0. The fourth-order valence-corrected chi connectivity index (χ4v) is 4.64. The van der Waals surface area contributed by atoms with Gasteiger partial charge in [-0.25, -0.2) is 0 Å². The molecular weight excluding hydrogens is 378 g/mol. The van der Waals surface area contributed by atoms with E-state index in [1.54, 1.807) is 0 Å². The summed E-state index contributed by atoms with van der Waals surface area (Å²) >= 11 is 0. The Hall–Kier alpha value is -2.44. The summed E-state index contributed by atoms with van der Waals surface area (Å²) in [7, 11) is 0. The molecule has 3 heterocycles. The molecule has 4 rings (SSSR count). The van der Waals surface area contributed by atoms with Gasteiger partial charge in [0.15, 0.2) is 0 Å². The van der Waals surface area contributed by atoms with E-state index in [1.165, 1.54) is 4.90 Å². The van der Waals surface area contributed by atoms with E-state index in [9.17, 15) is 9.59 Å². The Balaban J connectivity index is 1.33. The van der Waals surface area contributed by atoms with E-state index in [2.05, 4.69) is 11.5 Å². The molecule has 0 radical (unpaired) electrons. The molecule has 2 saturated heterocycles. The topological polar surface area (TPSA) is 56.0 Å². The quantitative estimate of drug-likeness (QED) is 0.735. The van der Waals surface area contributed by atoms with Gasteiger partial charge in [0.25, 0.3) is 5.91 Å². The number of carbonyl (C=O) groups excluding carboxylic acids is 2. The van der Waals surface area contributed by atoms with Crippen molar-refractivity contribution in [2.75, 3.05) is 39.3 Å². The zero-order valence-corrected chi connectivity index (χ0v) is 18.0. The standard InChI is InChI=1S/C24H31N3O3/c1-18-15-22(19(2)27(18)16-21-9-6-14-30-21)23(28)17-25-10-12-26(13-11-25)24(29)20-7-4-3-5-8-20/h3-5,7-8,15,21H,6,9-14,16-17H2,1-2H3/p+1/t21-/m1/s1. The predicted octanol–water partition coefficient (Wildman–Crippen LogP) is 1.51. The lowest BCUT2D eigenvalue weighted by atomic mass is 10.1. The smallest absolute Gasteiger partial charge is 0.254 e. The molecule has 2 fully saturated rings. The maximum atomic E-state index is 13.0. The van der Waals surface area contributed by atoms with Crippen LogP contribution in [-0.4, -0.2) is 66.6 Å². The Morgan fingerprint density at radius 2 is 1.87 bits per heavy atom. The van der Waals surface area contributed by atoms with E-state index < -0.39 is 0 Å². The van der Waals surface area contributed by atoms with Crippen LogP contribution >= 0.6 is 0 Å². The van der Waals surface area contributed by atoms with Crippen molar-refractivity contribution in [3.05, 3.63) is 58.9 Å². The van der Waals surface area contributed by atoms with E-state index in [0.717, 1.165) is 61.6 Å². The predicted molar refractivity (Wildman–Crippen MR) is 115 cm³/mol. The van der Waals surface area contributed by atoms with Gasteiger partial charge >= 0.3 is 0 Å². The number of quaternary nitrogens is 1. The van der Waals surface area contributed by atoms with Gasteiger partial charge in [0, 0.05) is 35.7 Å². The second-order valence-electron chi connectivity index (χ2n) is 8.54.